The lowest BCUT2D eigenvalue weighted by atomic mass is 9.84. The zero-order chi connectivity index (χ0) is 33.5. The van der Waals surface area contributed by atoms with Crippen molar-refractivity contribution in [1.82, 2.24) is 23.8 Å². The van der Waals surface area contributed by atoms with Gasteiger partial charge in [0, 0.05) is 48.4 Å². The van der Waals surface area contributed by atoms with Gasteiger partial charge in [-0.15, -0.1) is 0 Å². The van der Waals surface area contributed by atoms with Gasteiger partial charge in [0.15, 0.2) is 0 Å². The summed E-state index contributed by atoms with van der Waals surface area (Å²) >= 11 is 0. The summed E-state index contributed by atoms with van der Waals surface area (Å²) in [6.07, 6.45) is 10.5. The number of benzene rings is 2. The second kappa shape index (κ2) is 12.9. The predicted molar refractivity (Wildman–Crippen MR) is 184 cm³/mol. The van der Waals surface area contributed by atoms with E-state index < -0.39 is 6.09 Å². The number of hydrogen-bond donors (Lipinski definition) is 2. The van der Waals surface area contributed by atoms with Crippen LogP contribution in [0.3, 0.4) is 0 Å². The van der Waals surface area contributed by atoms with Crippen LogP contribution in [0.5, 0.6) is 11.5 Å². The highest BCUT2D eigenvalue weighted by molar-refractivity contribution is 6.08. The van der Waals surface area contributed by atoms with Crippen LogP contribution in [-0.2, 0) is 7.05 Å². The lowest BCUT2D eigenvalue weighted by molar-refractivity contribution is 0.0821. The summed E-state index contributed by atoms with van der Waals surface area (Å²) < 4.78 is 15.3. The molecule has 0 saturated heterocycles. The Labute approximate surface area is 279 Å². The van der Waals surface area contributed by atoms with Gasteiger partial charge in [0.1, 0.15) is 23.0 Å². The molecule has 0 atom stereocenters. The van der Waals surface area contributed by atoms with E-state index in [0.29, 0.717) is 22.9 Å². The van der Waals surface area contributed by atoms with Gasteiger partial charge in [-0.2, -0.15) is 0 Å². The fourth-order valence-corrected chi connectivity index (χ4v) is 7.97. The molecule has 0 unspecified atom stereocenters. The molecular formula is C37H42N6O5. The summed E-state index contributed by atoms with van der Waals surface area (Å²) in [5, 5.41) is 14.0. The molecule has 2 N–H and O–H groups in total. The topological polar surface area (TPSA) is 123 Å². The second-order valence-corrected chi connectivity index (χ2v) is 13.0. The van der Waals surface area contributed by atoms with E-state index in [1.807, 2.05) is 67.2 Å². The number of imidazole rings is 1. The SMILES string of the molecule is COc1cc(-c2nc(C3CCC(N(C(=O)O)C4CCCC4)CC3)n3ccnc(C)c23)ccc1NC(=O)c1cc2c(OC)cccc2n1C. The molecule has 2 aliphatic carbocycles. The van der Waals surface area contributed by atoms with Gasteiger partial charge in [-0.05, 0) is 75.8 Å². The zero-order valence-corrected chi connectivity index (χ0v) is 27.9. The van der Waals surface area contributed by atoms with Crippen molar-refractivity contribution in [3.05, 3.63) is 72.1 Å². The standard InChI is InChI=1S/C37H42N6O5/c1-22-34-33(40-35(42(34)19-18-38-22)23-12-15-26(16-13-23)43(37(45)46)25-8-5-6-9-25)24-14-17-28(32(20-24)48-4)39-36(44)30-21-27-29(41(30)2)10-7-11-31(27)47-3/h7,10-11,14,17-21,23,25-26H,5-6,8-9,12-13,15-16H2,1-4H3,(H,39,44)(H,45,46). The largest absolute Gasteiger partial charge is 0.496 e. The van der Waals surface area contributed by atoms with Gasteiger partial charge in [-0.3, -0.25) is 14.2 Å². The minimum atomic E-state index is -0.786. The van der Waals surface area contributed by atoms with Crippen molar-refractivity contribution in [2.24, 2.45) is 7.05 Å². The number of nitrogens with one attached hydrogen (secondary N) is 1. The van der Waals surface area contributed by atoms with E-state index in [9.17, 15) is 14.7 Å². The van der Waals surface area contributed by atoms with Crippen LogP contribution in [0.25, 0.3) is 27.7 Å². The van der Waals surface area contributed by atoms with Gasteiger partial charge >= 0.3 is 6.09 Å². The fourth-order valence-electron chi connectivity index (χ4n) is 7.97. The van der Waals surface area contributed by atoms with Crippen molar-refractivity contribution in [3.8, 4) is 22.8 Å². The molecule has 2 aromatic carbocycles. The molecule has 48 heavy (non-hydrogen) atoms. The number of nitrogens with zero attached hydrogens (tertiary/aromatic N) is 5. The van der Waals surface area contributed by atoms with Gasteiger partial charge in [0.2, 0.25) is 0 Å². The summed E-state index contributed by atoms with van der Waals surface area (Å²) in [6, 6.07) is 13.5. The number of amides is 2. The highest BCUT2D eigenvalue weighted by Crippen LogP contribution is 2.40. The molecule has 0 radical (unpaired) electrons. The summed E-state index contributed by atoms with van der Waals surface area (Å²) in [7, 11) is 5.07. The number of rotatable bonds is 8. The van der Waals surface area contributed by atoms with Crippen molar-refractivity contribution in [3.63, 3.8) is 0 Å². The molecule has 7 rings (SSSR count). The summed E-state index contributed by atoms with van der Waals surface area (Å²) in [4.78, 5) is 37.3. The number of aromatic nitrogens is 4. The summed E-state index contributed by atoms with van der Waals surface area (Å²) in [5.74, 6) is 2.13. The van der Waals surface area contributed by atoms with Crippen molar-refractivity contribution >= 4 is 34.1 Å². The molecule has 2 amide bonds. The number of aryl methyl sites for hydroxylation is 2. The first-order chi connectivity index (χ1) is 23.3. The quantitative estimate of drug-likeness (QED) is 0.179. The Morgan fingerprint density at radius 2 is 1.69 bits per heavy atom. The third-order valence-electron chi connectivity index (χ3n) is 10.4. The number of hydrogen-bond acceptors (Lipinski definition) is 6. The Morgan fingerprint density at radius 3 is 2.40 bits per heavy atom. The highest BCUT2D eigenvalue weighted by atomic mass is 16.5. The first-order valence-electron chi connectivity index (χ1n) is 16.8. The molecule has 0 bridgehead atoms. The number of carboxylic acid groups (broad SMARTS) is 1. The molecule has 3 heterocycles. The van der Waals surface area contributed by atoms with Crippen LogP contribution < -0.4 is 14.8 Å². The maximum absolute atomic E-state index is 13.5. The molecule has 0 aliphatic heterocycles. The van der Waals surface area contributed by atoms with E-state index in [1.165, 1.54) is 0 Å². The molecule has 2 saturated carbocycles. The van der Waals surface area contributed by atoms with Crippen LogP contribution in [0.4, 0.5) is 10.5 Å². The second-order valence-electron chi connectivity index (χ2n) is 13.0. The Hall–Kier alpha value is -5.06. The van der Waals surface area contributed by atoms with Crippen LogP contribution in [0.1, 0.15) is 79.3 Å². The smallest absolute Gasteiger partial charge is 0.407 e. The Kier molecular flexibility index (Phi) is 8.45. The van der Waals surface area contributed by atoms with Gasteiger partial charge in [-0.25, -0.2) is 9.78 Å². The molecule has 2 fully saturated rings. The van der Waals surface area contributed by atoms with E-state index in [2.05, 4.69) is 14.7 Å². The average Bonchev–Trinajstić information content (AvgIpc) is 3.84. The first kappa shape index (κ1) is 31.5. The molecule has 3 aromatic heterocycles. The van der Waals surface area contributed by atoms with E-state index in [0.717, 1.165) is 90.6 Å². The van der Waals surface area contributed by atoms with Gasteiger partial charge in [-0.1, -0.05) is 25.0 Å². The molecule has 11 nitrogen and oxygen atoms in total. The number of carbonyl (C=O) groups excluding carboxylic acids is 1. The van der Waals surface area contributed by atoms with E-state index in [-0.39, 0.29) is 23.9 Å². The van der Waals surface area contributed by atoms with Crippen molar-refractivity contribution < 1.29 is 24.2 Å². The third kappa shape index (κ3) is 5.50. The predicted octanol–water partition coefficient (Wildman–Crippen LogP) is 7.41. The Bertz CT molecular complexity index is 2000. The number of fused-ring (bicyclic) bond motifs is 2. The van der Waals surface area contributed by atoms with Gasteiger partial charge in [0.05, 0.1) is 42.3 Å². The lowest BCUT2D eigenvalue weighted by Gasteiger charge is -2.38. The highest BCUT2D eigenvalue weighted by Gasteiger charge is 2.36. The first-order valence-corrected chi connectivity index (χ1v) is 16.8. The molecule has 11 heteroatoms. The molecular weight excluding hydrogens is 608 g/mol. The molecule has 5 aromatic rings. The number of carbonyl (C=O) groups is 2. The maximum Gasteiger partial charge on any atom is 0.407 e. The van der Waals surface area contributed by atoms with Gasteiger partial charge < -0.3 is 29.4 Å². The van der Waals surface area contributed by atoms with Crippen LogP contribution in [0.15, 0.2) is 54.9 Å². The number of anilines is 1. The normalized spacial score (nSPS) is 18.3. The average molecular weight is 651 g/mol. The summed E-state index contributed by atoms with van der Waals surface area (Å²) in [6.45, 7) is 1.98. The summed E-state index contributed by atoms with van der Waals surface area (Å²) in [5.41, 5.74) is 5.38. The molecule has 250 valence electrons. The third-order valence-corrected chi connectivity index (χ3v) is 10.4. The minimum absolute atomic E-state index is 0.0546. The lowest BCUT2D eigenvalue weighted by Crippen LogP contribution is -2.46. The fraction of sp³-hybridized carbons (Fsp3) is 0.405. The van der Waals surface area contributed by atoms with E-state index in [1.54, 1.807) is 25.3 Å². The molecule has 2 aliphatic rings. The maximum atomic E-state index is 13.5. The monoisotopic (exact) mass is 650 g/mol. The molecule has 0 spiro atoms. The number of methoxy groups -OCH3 is 2. The van der Waals surface area contributed by atoms with Crippen molar-refractivity contribution in [2.45, 2.75) is 76.3 Å². The van der Waals surface area contributed by atoms with Crippen molar-refractivity contribution in [1.29, 1.82) is 0 Å². The van der Waals surface area contributed by atoms with Crippen LogP contribution in [-0.4, -0.2) is 67.2 Å². The zero-order valence-electron chi connectivity index (χ0n) is 27.9. The Balaban J connectivity index is 1.16. The van der Waals surface area contributed by atoms with Crippen molar-refractivity contribution in [2.75, 3.05) is 19.5 Å². The van der Waals surface area contributed by atoms with Gasteiger partial charge in [0.25, 0.3) is 5.91 Å². The van der Waals surface area contributed by atoms with Crippen LogP contribution in [0.2, 0.25) is 0 Å². The van der Waals surface area contributed by atoms with Crippen LogP contribution >= 0.6 is 0 Å². The Morgan fingerprint density at radius 1 is 0.958 bits per heavy atom. The number of ether oxygens (including phenoxy) is 2. The van der Waals surface area contributed by atoms with E-state index >= 15 is 0 Å². The van der Waals surface area contributed by atoms with Crippen LogP contribution in [0, 0.1) is 6.92 Å². The minimum Gasteiger partial charge on any atom is -0.496 e. The van der Waals surface area contributed by atoms with E-state index in [4.69, 9.17) is 14.5 Å².